The van der Waals surface area contributed by atoms with Crippen molar-refractivity contribution in [3.8, 4) is 28.7 Å². The number of fused-ring (bicyclic) bond motifs is 1. The van der Waals surface area contributed by atoms with E-state index in [2.05, 4.69) is 36.7 Å². The van der Waals surface area contributed by atoms with Crippen LogP contribution in [0.5, 0.6) is 28.7 Å². The largest absolute Gasteiger partial charge is 0.493 e. The van der Waals surface area contributed by atoms with Crippen molar-refractivity contribution in [1.29, 1.82) is 0 Å². The van der Waals surface area contributed by atoms with Crippen LogP contribution in [0.1, 0.15) is 58.8 Å². The highest BCUT2D eigenvalue weighted by atomic mass is 79.9. The Morgan fingerprint density at radius 3 is 2.38 bits per heavy atom. The van der Waals surface area contributed by atoms with Crippen molar-refractivity contribution in [2.24, 2.45) is 0 Å². The summed E-state index contributed by atoms with van der Waals surface area (Å²) < 4.78 is 133. The van der Waals surface area contributed by atoms with Crippen molar-refractivity contribution >= 4 is 50.9 Å². The van der Waals surface area contributed by atoms with Crippen LogP contribution in [-0.4, -0.2) is 69.9 Å². The van der Waals surface area contributed by atoms with E-state index in [0.717, 1.165) is 23.3 Å². The van der Waals surface area contributed by atoms with Gasteiger partial charge in [0.15, 0.2) is 17.2 Å². The third-order valence-electron chi connectivity index (χ3n) is 6.31. The van der Waals surface area contributed by atoms with E-state index in [-0.39, 0.29) is 28.4 Å². The number of nitrogens with zero attached hydrogens (tertiary/aromatic N) is 1. The molecule has 1 aliphatic rings. The molecule has 0 spiro atoms. The van der Waals surface area contributed by atoms with Gasteiger partial charge in [-0.15, -0.1) is 0 Å². The summed E-state index contributed by atoms with van der Waals surface area (Å²) in [5.74, 6) is -7.93. The Balaban J connectivity index is 1.85. The molecule has 1 atom stereocenters. The third-order valence-corrected chi connectivity index (χ3v) is 7.10. The van der Waals surface area contributed by atoms with Crippen LogP contribution in [0.3, 0.4) is 0 Å². The first-order valence-corrected chi connectivity index (χ1v) is 13.3. The Kier molecular flexibility index (Phi) is 5.61. The van der Waals surface area contributed by atoms with Gasteiger partial charge >= 0.3 is 0 Å². The molecule has 1 aliphatic heterocycles. The number of anilines is 2. The molecule has 14 heteroatoms. The minimum atomic E-state index is -3.44. The van der Waals surface area contributed by atoms with Crippen LogP contribution in [0.2, 0.25) is 0 Å². The van der Waals surface area contributed by atoms with E-state index in [4.69, 9.17) is 39.5 Å². The first kappa shape index (κ1) is 18.2. The molecule has 13 nitrogen and oxygen atoms in total. The summed E-state index contributed by atoms with van der Waals surface area (Å²) in [5, 5.41) is 6.67. The number of methoxy groups -OCH3 is 3. The monoisotopic (exact) mass is 699 g/mol. The lowest BCUT2D eigenvalue weighted by molar-refractivity contribution is -0.169. The van der Waals surface area contributed by atoms with Gasteiger partial charge in [-0.3, -0.25) is 24.0 Å². The SMILES string of the molecule is [2H]C([2H])([2H])Oc1cc(C(=O)Nc2cc3c(cc2Oc2cc(C)cc(C)c2)C(=O)N[C@@H](CC(=O)N(OC([2H])([2H])[2H])C([2H])([2H])[2H])C(=O)N3)c(Br)c(OC([2H])([2H])[2H])c1OC([2H])([2H])[2H]. The quantitative estimate of drug-likeness (QED) is 0.258. The molecule has 4 amide bonds. The maximum atomic E-state index is 14.1. The number of aryl methyl sites for hydroxylation is 2. The highest BCUT2D eigenvalue weighted by Gasteiger charge is 2.32. The first-order chi connectivity index (χ1) is 27.2. The van der Waals surface area contributed by atoms with E-state index in [1.807, 2.05) is 6.07 Å². The van der Waals surface area contributed by atoms with E-state index in [9.17, 15) is 19.2 Å². The average Bonchev–Trinajstić information content (AvgIpc) is 3.14. The fourth-order valence-electron chi connectivity index (χ4n) is 4.36. The summed E-state index contributed by atoms with van der Waals surface area (Å²) in [6, 6.07) is 5.99. The summed E-state index contributed by atoms with van der Waals surface area (Å²) in [7, 11) is -13.4. The van der Waals surface area contributed by atoms with Gasteiger partial charge in [-0.05, 0) is 71.2 Å². The van der Waals surface area contributed by atoms with E-state index in [1.54, 1.807) is 26.0 Å². The number of benzene rings is 3. The number of nitrogens with one attached hydrogen (secondary N) is 3. The molecule has 1 heterocycles. The average molecular weight is 701 g/mol. The molecule has 0 saturated heterocycles. The van der Waals surface area contributed by atoms with Crippen molar-refractivity contribution < 1.29 is 63.5 Å². The molecule has 0 aromatic heterocycles. The van der Waals surface area contributed by atoms with Gasteiger partial charge in [-0.25, -0.2) is 5.06 Å². The zero-order chi connectivity index (χ0) is 45.5. The van der Waals surface area contributed by atoms with Crippen molar-refractivity contribution in [1.82, 2.24) is 10.4 Å². The van der Waals surface area contributed by atoms with Gasteiger partial charge in [0.05, 0.1) is 78.0 Å². The molecule has 4 rings (SSSR count). The zero-order valence-corrected chi connectivity index (χ0v) is 24.8. The predicted molar refractivity (Wildman–Crippen MR) is 168 cm³/mol. The third kappa shape index (κ3) is 7.13. The molecule has 0 saturated carbocycles. The lowest BCUT2D eigenvalue weighted by atomic mass is 10.1. The molecule has 0 bridgehead atoms. The van der Waals surface area contributed by atoms with Crippen LogP contribution in [0, 0.1) is 13.8 Å². The molecular formula is C31H33BrN4O9. The number of rotatable bonds is 10. The van der Waals surface area contributed by atoms with E-state index in [1.165, 1.54) is 0 Å². The molecule has 0 aliphatic carbocycles. The van der Waals surface area contributed by atoms with Crippen LogP contribution in [0.25, 0.3) is 0 Å². The number of carbonyl (C=O) groups is 4. The fraction of sp³-hybridized carbons (Fsp3) is 0.290. The number of carbonyl (C=O) groups excluding carboxylic acids is 4. The Bertz CT molecular complexity index is 2170. The van der Waals surface area contributed by atoms with Crippen molar-refractivity contribution in [2.75, 3.05) is 45.8 Å². The number of hydrogen-bond donors (Lipinski definition) is 3. The molecule has 3 N–H and O–H groups in total. The molecule has 0 radical (unpaired) electrons. The number of ether oxygens (including phenoxy) is 4. The summed E-state index contributed by atoms with van der Waals surface area (Å²) >= 11 is 3.02. The molecule has 0 unspecified atom stereocenters. The van der Waals surface area contributed by atoms with Crippen molar-refractivity contribution in [2.45, 2.75) is 26.3 Å². The van der Waals surface area contributed by atoms with E-state index < -0.39 is 104 Å². The second-order valence-electron chi connectivity index (χ2n) is 9.47. The molecule has 0 fully saturated rings. The van der Waals surface area contributed by atoms with Crippen molar-refractivity contribution in [3.63, 3.8) is 0 Å². The number of hydrogen-bond acceptors (Lipinski definition) is 9. The second kappa shape index (κ2) is 13.9. The second-order valence-corrected chi connectivity index (χ2v) is 10.3. The summed E-state index contributed by atoms with van der Waals surface area (Å²) in [6.45, 7) is 0.0507. The standard InChI is InChI=1S/C31H33BrN4O9/c1-15-8-16(2)10-17(9-15)45-23-11-18-20(33-31(40)22(35-29(18)38)14-25(37)36(3)44-7)13-21(23)34-30(39)19-12-24(41-4)27(42-5)28(43-6)26(19)32/h8-13,22H,14H2,1-7H3,(H,33,40)(H,34,39)(H,35,38)/t22-/m0/s1/i3D3,4D3,5D3,6D3,7D3. The summed E-state index contributed by atoms with van der Waals surface area (Å²) in [6.07, 6.45) is -1.10. The van der Waals surface area contributed by atoms with Crippen LogP contribution in [-0.2, 0) is 14.4 Å². The Hall–Kier alpha value is -4.82. The highest BCUT2D eigenvalue weighted by molar-refractivity contribution is 9.10. The van der Waals surface area contributed by atoms with Gasteiger partial charge in [0.25, 0.3) is 11.8 Å². The normalized spacial score (nSPS) is 20.2. The van der Waals surface area contributed by atoms with Gasteiger partial charge in [-0.2, -0.15) is 0 Å². The topological polar surface area (TPSA) is 154 Å². The maximum absolute atomic E-state index is 14.1. The molecule has 3 aromatic rings. The van der Waals surface area contributed by atoms with E-state index >= 15 is 0 Å². The summed E-state index contributed by atoms with van der Waals surface area (Å²) in [4.78, 5) is 58.5. The highest BCUT2D eigenvalue weighted by Crippen LogP contribution is 2.45. The van der Waals surface area contributed by atoms with Crippen molar-refractivity contribution in [3.05, 3.63) is 63.1 Å². The lowest BCUT2D eigenvalue weighted by Gasteiger charge is -2.19. The summed E-state index contributed by atoms with van der Waals surface area (Å²) in [5.41, 5.74) is -0.133. The van der Waals surface area contributed by atoms with Gasteiger partial charge in [0, 0.05) is 11.1 Å². The Morgan fingerprint density at radius 2 is 1.69 bits per heavy atom. The number of amides is 4. The fourth-order valence-corrected chi connectivity index (χ4v) is 4.91. The number of halogens is 1. The van der Waals surface area contributed by atoms with Gasteiger partial charge < -0.3 is 34.9 Å². The zero-order valence-electron chi connectivity index (χ0n) is 38.2. The molecule has 238 valence electrons. The van der Waals surface area contributed by atoms with Gasteiger partial charge in [0.2, 0.25) is 17.6 Å². The Labute approximate surface area is 289 Å². The van der Waals surface area contributed by atoms with Crippen LogP contribution >= 0.6 is 15.9 Å². The number of hydroxylamine groups is 2. The molecule has 45 heavy (non-hydrogen) atoms. The van der Waals surface area contributed by atoms with Crippen LogP contribution in [0.4, 0.5) is 11.4 Å². The van der Waals surface area contributed by atoms with E-state index in [0.29, 0.717) is 6.07 Å². The first-order valence-electron chi connectivity index (χ1n) is 20.0. The molecular weight excluding hydrogens is 652 g/mol. The predicted octanol–water partition coefficient (Wildman–Crippen LogP) is 4.60. The smallest absolute Gasteiger partial charge is 0.257 e. The minimum absolute atomic E-state index is 0.178. The van der Waals surface area contributed by atoms with Crippen LogP contribution < -0.4 is 34.9 Å². The lowest BCUT2D eigenvalue weighted by Crippen LogP contribution is -2.44. The van der Waals surface area contributed by atoms with Gasteiger partial charge in [-0.1, -0.05) is 6.07 Å². The van der Waals surface area contributed by atoms with Gasteiger partial charge in [0.1, 0.15) is 11.8 Å². The molecule has 3 aromatic carbocycles. The van der Waals surface area contributed by atoms with Crippen LogP contribution in [0.15, 0.2) is 40.9 Å². The minimum Gasteiger partial charge on any atom is -0.493 e. The Morgan fingerprint density at radius 1 is 0.956 bits per heavy atom. The maximum Gasteiger partial charge on any atom is 0.257 e.